The third-order valence-electron chi connectivity index (χ3n) is 1.29. The Morgan fingerprint density at radius 1 is 0.938 bits per heavy atom. The Morgan fingerprint density at radius 2 is 1.19 bits per heavy atom. The second-order valence-corrected chi connectivity index (χ2v) is 2.48. The molecule has 0 aromatic heterocycles. The van der Waals surface area contributed by atoms with Gasteiger partial charge in [0.1, 0.15) is 0 Å². The summed E-state index contributed by atoms with van der Waals surface area (Å²) in [5.74, 6) is -5.02. The molecule has 0 fully saturated rings. The summed E-state index contributed by atoms with van der Waals surface area (Å²) in [7, 11) is 0. The van der Waals surface area contributed by atoms with Gasteiger partial charge in [-0.1, -0.05) is 0 Å². The van der Waals surface area contributed by atoms with Crippen molar-refractivity contribution >= 4 is 41.0 Å². The van der Waals surface area contributed by atoms with Crippen molar-refractivity contribution in [3.8, 4) is 0 Å². The number of aliphatic carboxylic acids is 3. The summed E-state index contributed by atoms with van der Waals surface area (Å²) in [4.78, 5) is 30.5. The van der Waals surface area contributed by atoms with Gasteiger partial charge >= 0.3 is 41.0 Å². The van der Waals surface area contributed by atoms with Crippen molar-refractivity contribution in [1.29, 1.82) is 0 Å². The molecule has 94 valence electrons. The van der Waals surface area contributed by atoms with Gasteiger partial charge in [0.05, 0.1) is 12.8 Å². The number of hydrogen-bond acceptors (Lipinski definition) is 4. The second-order valence-electron chi connectivity index (χ2n) is 2.48. The molecule has 0 aromatic rings. The number of hydrogen-bond donors (Lipinski definition) is 4. The van der Waals surface area contributed by atoms with Gasteiger partial charge < -0.3 is 34.2 Å². The quantitative estimate of drug-likeness (QED) is 0.373. The van der Waals surface area contributed by atoms with Crippen LogP contribution in [0.15, 0.2) is 0 Å². The van der Waals surface area contributed by atoms with Crippen LogP contribution >= 0.6 is 0 Å². The Balaban J connectivity index is -0.0000000720. The van der Waals surface area contributed by atoms with E-state index in [2.05, 4.69) is 0 Å². The molecule has 0 saturated carbocycles. The summed E-state index contributed by atoms with van der Waals surface area (Å²) in [6.45, 7) is 0. The molecule has 0 spiro atoms. The molecule has 0 aliphatic carbocycles. The zero-order valence-electron chi connectivity index (χ0n) is 10.1. The van der Waals surface area contributed by atoms with Crippen LogP contribution in [-0.2, 0) is 14.4 Å². The summed E-state index contributed by atoms with van der Waals surface area (Å²) in [5, 5.41) is 33.8. The Labute approximate surface area is 108 Å². The first-order valence-electron chi connectivity index (χ1n) is 3.17. The molecule has 0 radical (unpaired) electrons. The number of rotatable bonds is 5. The molecule has 0 aliphatic heterocycles. The van der Waals surface area contributed by atoms with Crippen LogP contribution in [0.1, 0.15) is 15.7 Å². The smallest absolute Gasteiger partial charge is 1.00 e. The molecule has 0 amide bonds. The average molecular weight is 254 g/mol. The molecule has 0 aliphatic rings. The van der Waals surface area contributed by atoms with Crippen LogP contribution in [0.5, 0.6) is 0 Å². The largest absolute Gasteiger partial charge is 2.00 e. The minimum absolute atomic E-state index is 0. The molecule has 0 rings (SSSR count). The van der Waals surface area contributed by atoms with Gasteiger partial charge in [0.2, 0.25) is 0 Å². The molecule has 0 aromatic carbocycles. The monoisotopic (exact) mass is 254 g/mol. The van der Waals surface area contributed by atoms with E-state index in [0.29, 0.717) is 0 Å². The van der Waals surface area contributed by atoms with E-state index in [1.54, 1.807) is 0 Å². The van der Waals surface area contributed by atoms with Crippen molar-refractivity contribution in [3.05, 3.63) is 0 Å². The van der Waals surface area contributed by atoms with E-state index in [1.165, 1.54) is 0 Å². The number of carboxylic acid groups (broad SMARTS) is 3. The molecule has 9 nitrogen and oxygen atoms in total. The first-order chi connectivity index (χ1) is 5.78. The van der Waals surface area contributed by atoms with Gasteiger partial charge in [-0.3, -0.25) is 9.59 Å². The standard InChI is InChI=1S/C6H8O7.Mg.2H2O.2H/c7-3(8)1-6(13,5(11)12)2-4(9)10;;;;;/h13H,1-2H2,(H,7,8)(H,9,10)(H,11,12);;2*1H2;;/q;+2;;;2*-1. The van der Waals surface area contributed by atoms with E-state index in [9.17, 15) is 14.4 Å². The zero-order valence-corrected chi connectivity index (χ0v) is 9.55. The predicted molar refractivity (Wildman–Crippen MR) is 52.3 cm³/mol. The maximum absolute atomic E-state index is 10.3. The van der Waals surface area contributed by atoms with E-state index in [4.69, 9.17) is 20.4 Å². The van der Waals surface area contributed by atoms with Crippen molar-refractivity contribution in [3.63, 3.8) is 0 Å². The minimum atomic E-state index is -2.74. The van der Waals surface area contributed by atoms with Crippen LogP contribution < -0.4 is 0 Å². The Bertz CT molecular complexity index is 243. The third kappa shape index (κ3) is 8.37. The second kappa shape index (κ2) is 9.29. The van der Waals surface area contributed by atoms with Gasteiger partial charge in [0.15, 0.2) is 5.60 Å². The maximum atomic E-state index is 10.3. The van der Waals surface area contributed by atoms with Gasteiger partial charge in [-0.05, 0) is 0 Å². The van der Waals surface area contributed by atoms with E-state index in [-0.39, 0.29) is 36.9 Å². The molecule has 0 bridgehead atoms. The maximum Gasteiger partial charge on any atom is 2.00 e. The van der Waals surface area contributed by atoms with Crippen LogP contribution in [0.4, 0.5) is 0 Å². The molecular weight excluding hydrogens is 240 g/mol. The summed E-state index contributed by atoms with van der Waals surface area (Å²) < 4.78 is 0. The molecular formula is C6H14MgO9. The van der Waals surface area contributed by atoms with Crippen molar-refractivity contribution in [2.45, 2.75) is 18.4 Å². The molecule has 0 saturated heterocycles. The van der Waals surface area contributed by atoms with Crippen LogP contribution in [0.2, 0.25) is 0 Å². The molecule has 0 atom stereocenters. The van der Waals surface area contributed by atoms with Crippen molar-refractivity contribution in [2.75, 3.05) is 0 Å². The van der Waals surface area contributed by atoms with Crippen molar-refractivity contribution < 1.29 is 48.6 Å². The minimum Gasteiger partial charge on any atom is -1.00 e. The number of aliphatic hydroxyl groups is 1. The van der Waals surface area contributed by atoms with Gasteiger partial charge in [-0.25, -0.2) is 4.79 Å². The summed E-state index contributed by atoms with van der Waals surface area (Å²) in [6, 6.07) is 0. The van der Waals surface area contributed by atoms with Crippen LogP contribution in [-0.4, -0.2) is 77.9 Å². The van der Waals surface area contributed by atoms with Gasteiger partial charge in [-0.15, -0.1) is 0 Å². The van der Waals surface area contributed by atoms with Crippen molar-refractivity contribution in [2.24, 2.45) is 0 Å². The van der Waals surface area contributed by atoms with Crippen LogP contribution in [0.25, 0.3) is 0 Å². The fraction of sp³-hybridized carbons (Fsp3) is 0.500. The SMILES string of the molecule is O.O.O=C(O)CC(O)(CC(=O)O)C(=O)O.[H-].[H-].[Mg+2]. The molecule has 0 unspecified atom stereocenters. The summed E-state index contributed by atoms with van der Waals surface area (Å²) in [6.07, 6.45) is -2.29. The van der Waals surface area contributed by atoms with Crippen molar-refractivity contribution in [1.82, 2.24) is 0 Å². The average Bonchev–Trinajstić information content (AvgIpc) is 1.82. The molecule has 16 heavy (non-hydrogen) atoms. The fourth-order valence-corrected chi connectivity index (χ4v) is 0.714. The van der Waals surface area contributed by atoms with E-state index >= 15 is 0 Å². The Morgan fingerprint density at radius 3 is 1.31 bits per heavy atom. The van der Waals surface area contributed by atoms with Gasteiger partial charge in [-0.2, -0.15) is 0 Å². The van der Waals surface area contributed by atoms with Gasteiger partial charge in [0.25, 0.3) is 0 Å². The predicted octanol–water partition coefficient (Wildman–Crippen LogP) is -3.05. The first kappa shape index (κ1) is 24.3. The first-order valence-corrected chi connectivity index (χ1v) is 3.17. The zero-order chi connectivity index (χ0) is 10.6. The molecule has 10 heteroatoms. The topological polar surface area (TPSA) is 195 Å². The summed E-state index contributed by atoms with van der Waals surface area (Å²) in [5.41, 5.74) is -2.74. The number of carboxylic acids is 3. The van der Waals surface area contributed by atoms with E-state index < -0.39 is 36.4 Å². The molecule has 8 N–H and O–H groups in total. The van der Waals surface area contributed by atoms with E-state index in [1.807, 2.05) is 0 Å². The van der Waals surface area contributed by atoms with Crippen LogP contribution in [0.3, 0.4) is 0 Å². The third-order valence-corrected chi connectivity index (χ3v) is 1.29. The number of carbonyl (C=O) groups is 3. The fourth-order valence-electron chi connectivity index (χ4n) is 0.714. The molecule has 0 heterocycles. The Kier molecular flexibility index (Phi) is 14.1. The normalized spacial score (nSPS) is 8.81. The van der Waals surface area contributed by atoms with Gasteiger partial charge in [0, 0.05) is 0 Å². The Hall–Kier alpha value is -0.944. The van der Waals surface area contributed by atoms with Crippen LogP contribution in [0, 0.1) is 0 Å². The van der Waals surface area contributed by atoms with E-state index in [0.717, 1.165) is 0 Å². The summed E-state index contributed by atoms with van der Waals surface area (Å²) >= 11 is 0.